The van der Waals surface area contributed by atoms with Crippen LogP contribution in [0.25, 0.3) is 0 Å². The highest BCUT2D eigenvalue weighted by molar-refractivity contribution is 6.31. The van der Waals surface area contributed by atoms with Crippen LogP contribution in [0.3, 0.4) is 0 Å². The van der Waals surface area contributed by atoms with Gasteiger partial charge >= 0.3 is 5.97 Å². The second-order valence-electron chi connectivity index (χ2n) is 10.9. The number of amides is 1. The molecule has 2 spiro atoms. The number of nitrogens with zero attached hydrogens (tertiary/aromatic N) is 2. The number of aromatic nitrogens is 1. The lowest BCUT2D eigenvalue weighted by atomic mass is 9.50. The van der Waals surface area contributed by atoms with Gasteiger partial charge in [0.15, 0.2) is 0 Å². The molecule has 6 nitrogen and oxygen atoms in total. The number of carbonyl (C=O) groups is 2. The summed E-state index contributed by atoms with van der Waals surface area (Å²) >= 11 is 12.6. The first-order valence-electron chi connectivity index (χ1n) is 11.6. The van der Waals surface area contributed by atoms with E-state index in [1.807, 2.05) is 18.0 Å². The minimum Gasteiger partial charge on any atom is -0.480 e. The van der Waals surface area contributed by atoms with Crippen molar-refractivity contribution in [3.05, 3.63) is 57.8 Å². The Labute approximate surface area is 209 Å². The Kier molecular flexibility index (Phi) is 5.32. The van der Waals surface area contributed by atoms with E-state index in [0.29, 0.717) is 22.7 Å². The van der Waals surface area contributed by atoms with Crippen LogP contribution >= 0.6 is 23.2 Å². The van der Waals surface area contributed by atoms with Gasteiger partial charge in [-0.1, -0.05) is 50.0 Å². The van der Waals surface area contributed by atoms with Crippen molar-refractivity contribution in [2.75, 3.05) is 12.4 Å². The molecule has 2 aromatic rings. The third-order valence-electron chi connectivity index (χ3n) is 8.74. The lowest BCUT2D eigenvalue weighted by Gasteiger charge is -2.56. The van der Waals surface area contributed by atoms with Gasteiger partial charge in [0.1, 0.15) is 16.6 Å². The molecule has 8 heteroatoms. The molecule has 2 aliphatic heterocycles. The molecular weight excluding hydrogens is 473 g/mol. The summed E-state index contributed by atoms with van der Waals surface area (Å²) < 4.78 is 0. The highest BCUT2D eigenvalue weighted by atomic mass is 35.5. The third kappa shape index (κ3) is 2.94. The molecule has 3 aliphatic rings. The monoisotopic (exact) mass is 501 g/mol. The fourth-order valence-corrected chi connectivity index (χ4v) is 7.99. The Hall–Kier alpha value is -2.15. The third-order valence-corrected chi connectivity index (χ3v) is 9.19. The molecule has 2 fully saturated rings. The van der Waals surface area contributed by atoms with Gasteiger partial charge in [-0.25, -0.2) is 4.98 Å². The fraction of sp³-hybridized carbons (Fsp3) is 0.500. The van der Waals surface area contributed by atoms with Crippen LogP contribution in [0.5, 0.6) is 0 Å². The van der Waals surface area contributed by atoms with Gasteiger partial charge in [-0.2, -0.15) is 0 Å². The number of rotatable bonds is 2. The van der Waals surface area contributed by atoms with Crippen molar-refractivity contribution >= 4 is 40.8 Å². The summed E-state index contributed by atoms with van der Waals surface area (Å²) in [5, 5.41) is 14.4. The number of nitrogens with one attached hydrogen (secondary N) is 1. The van der Waals surface area contributed by atoms with Crippen molar-refractivity contribution in [1.29, 1.82) is 0 Å². The van der Waals surface area contributed by atoms with E-state index in [1.165, 1.54) is 0 Å². The Bertz CT molecular complexity index is 1200. The van der Waals surface area contributed by atoms with Crippen LogP contribution in [-0.2, 0) is 15.0 Å². The van der Waals surface area contributed by atoms with Gasteiger partial charge in [-0.05, 0) is 73.0 Å². The topological polar surface area (TPSA) is 82.5 Å². The highest BCUT2D eigenvalue weighted by Gasteiger charge is 2.76. The quantitative estimate of drug-likeness (QED) is 0.542. The van der Waals surface area contributed by atoms with Crippen LogP contribution in [0.2, 0.25) is 10.2 Å². The highest BCUT2D eigenvalue weighted by Crippen LogP contribution is 2.68. The molecule has 3 heterocycles. The second kappa shape index (κ2) is 7.67. The van der Waals surface area contributed by atoms with E-state index in [2.05, 4.69) is 31.1 Å². The lowest BCUT2D eigenvalue weighted by molar-refractivity contribution is -0.145. The molecule has 5 atom stereocenters. The maximum atomic E-state index is 14.3. The van der Waals surface area contributed by atoms with Crippen LogP contribution in [0.1, 0.15) is 57.1 Å². The van der Waals surface area contributed by atoms with Gasteiger partial charge in [0.2, 0.25) is 5.91 Å². The number of halogens is 2. The number of carboxylic acid groups (broad SMARTS) is 1. The number of hydrogen-bond acceptors (Lipinski definition) is 4. The Morgan fingerprint density at radius 3 is 2.59 bits per heavy atom. The molecule has 180 valence electrons. The van der Waals surface area contributed by atoms with Crippen LogP contribution in [0.4, 0.5) is 5.69 Å². The van der Waals surface area contributed by atoms with Gasteiger partial charge in [0.05, 0.1) is 0 Å². The van der Waals surface area contributed by atoms with Crippen molar-refractivity contribution in [1.82, 2.24) is 9.88 Å². The predicted octanol–water partition coefficient (Wildman–Crippen LogP) is 5.35. The van der Waals surface area contributed by atoms with E-state index >= 15 is 0 Å². The number of aliphatic carboxylic acids is 1. The number of carboxylic acids is 1. The van der Waals surface area contributed by atoms with Gasteiger partial charge in [0.25, 0.3) is 0 Å². The van der Waals surface area contributed by atoms with Crippen molar-refractivity contribution in [3.63, 3.8) is 0 Å². The molecule has 1 saturated carbocycles. The average molecular weight is 502 g/mol. The molecule has 1 aromatic heterocycles. The minimum absolute atomic E-state index is 0.0535. The molecule has 1 saturated heterocycles. The molecule has 4 unspecified atom stereocenters. The Morgan fingerprint density at radius 1 is 1.21 bits per heavy atom. The molecule has 2 N–H and O–H groups in total. The summed E-state index contributed by atoms with van der Waals surface area (Å²) in [4.78, 5) is 33.3. The van der Waals surface area contributed by atoms with Crippen LogP contribution < -0.4 is 5.32 Å². The van der Waals surface area contributed by atoms with E-state index in [0.717, 1.165) is 18.4 Å². The summed E-state index contributed by atoms with van der Waals surface area (Å²) in [6.45, 7) is 6.66. The molecule has 1 aliphatic carbocycles. The molecule has 5 rings (SSSR count). The van der Waals surface area contributed by atoms with Crippen molar-refractivity contribution in [2.45, 2.75) is 62.9 Å². The number of pyridine rings is 1. The minimum atomic E-state index is -1.13. The SMILES string of the molecule is CC1CC(C)(C)CCC12N(C)C(C(=O)O)[C@H](c1ccnc(Cl)c1)C21C(=O)Nc2cc(Cl)ccc21. The zero-order valence-electron chi connectivity index (χ0n) is 19.7. The maximum absolute atomic E-state index is 14.3. The van der Waals surface area contributed by atoms with Crippen LogP contribution in [0, 0.1) is 11.3 Å². The van der Waals surface area contributed by atoms with E-state index < -0.39 is 28.9 Å². The molecule has 34 heavy (non-hydrogen) atoms. The number of hydrogen-bond donors (Lipinski definition) is 2. The average Bonchev–Trinajstić information content (AvgIpc) is 3.15. The second-order valence-corrected chi connectivity index (χ2v) is 11.8. The number of benzene rings is 1. The smallest absolute Gasteiger partial charge is 0.321 e. The predicted molar refractivity (Wildman–Crippen MR) is 132 cm³/mol. The first kappa shape index (κ1) is 23.6. The van der Waals surface area contributed by atoms with E-state index in [9.17, 15) is 14.7 Å². The molecule has 1 aromatic carbocycles. The van der Waals surface area contributed by atoms with Gasteiger partial charge in [-0.3, -0.25) is 14.5 Å². The molecule has 0 radical (unpaired) electrons. The summed E-state index contributed by atoms with van der Waals surface area (Å²) in [7, 11) is 1.87. The molecule has 1 amide bonds. The number of likely N-dealkylation sites (N-methyl/N-ethyl adjacent to an activating group) is 1. The summed E-state index contributed by atoms with van der Waals surface area (Å²) in [6, 6.07) is 8.03. The first-order chi connectivity index (χ1) is 16.0. The van der Waals surface area contributed by atoms with Gasteiger partial charge in [-0.15, -0.1) is 0 Å². The zero-order chi connectivity index (χ0) is 24.6. The molecule has 0 bridgehead atoms. The number of fused-ring (bicyclic) bond motifs is 3. The largest absolute Gasteiger partial charge is 0.480 e. The maximum Gasteiger partial charge on any atom is 0.321 e. The summed E-state index contributed by atoms with van der Waals surface area (Å²) in [5.74, 6) is -1.74. The summed E-state index contributed by atoms with van der Waals surface area (Å²) in [6.07, 6.45) is 4.05. The number of likely N-dealkylation sites (tertiary alicyclic amines) is 1. The Morgan fingerprint density at radius 2 is 1.94 bits per heavy atom. The van der Waals surface area contributed by atoms with Gasteiger partial charge < -0.3 is 10.4 Å². The van der Waals surface area contributed by atoms with Crippen LogP contribution in [-0.4, -0.2) is 45.5 Å². The van der Waals surface area contributed by atoms with Crippen molar-refractivity contribution in [2.24, 2.45) is 11.3 Å². The van der Waals surface area contributed by atoms with E-state index in [4.69, 9.17) is 23.2 Å². The number of carbonyl (C=O) groups excluding carboxylic acids is 1. The van der Waals surface area contributed by atoms with E-state index in [-0.39, 0.29) is 22.4 Å². The summed E-state index contributed by atoms with van der Waals surface area (Å²) in [5.41, 5.74) is 0.411. The van der Waals surface area contributed by atoms with Gasteiger partial charge in [0, 0.05) is 28.4 Å². The Balaban J connectivity index is 1.88. The first-order valence-corrected chi connectivity index (χ1v) is 12.4. The fourth-order valence-electron chi connectivity index (χ4n) is 7.64. The van der Waals surface area contributed by atoms with Crippen molar-refractivity contribution < 1.29 is 14.7 Å². The normalized spacial score (nSPS) is 34.4. The van der Waals surface area contributed by atoms with E-state index in [1.54, 1.807) is 30.5 Å². The number of anilines is 1. The standard InChI is InChI=1S/C26H29Cl2N3O3/c1-14-13-24(2,3)8-9-25(14)26(17-6-5-16(27)12-18(17)30-23(26)34)20(21(22(32)33)31(25)4)15-7-10-29-19(28)11-15/h5-7,10-12,14,20-21H,8-9,13H2,1-4H3,(H,30,34)(H,32,33)/t14?,20-,21?,25?,26?/m0/s1. The van der Waals surface area contributed by atoms with Crippen molar-refractivity contribution in [3.8, 4) is 0 Å². The van der Waals surface area contributed by atoms with Crippen LogP contribution in [0.15, 0.2) is 36.5 Å². The zero-order valence-corrected chi connectivity index (χ0v) is 21.2. The molecular formula is C26H29Cl2N3O3. The lowest BCUT2D eigenvalue weighted by Crippen LogP contribution is -2.65.